The first kappa shape index (κ1) is 17.1. The topological polar surface area (TPSA) is 75.4 Å². The molecule has 0 fully saturated rings. The molecule has 0 unspecified atom stereocenters. The van der Waals surface area contributed by atoms with Crippen molar-refractivity contribution in [2.75, 3.05) is 25.2 Å². The highest BCUT2D eigenvalue weighted by Crippen LogP contribution is 2.20. The summed E-state index contributed by atoms with van der Waals surface area (Å²) in [6, 6.07) is 7.34. The minimum atomic E-state index is -0.326. The lowest BCUT2D eigenvalue weighted by Crippen LogP contribution is -2.35. The van der Waals surface area contributed by atoms with E-state index in [1.165, 1.54) is 4.90 Å². The molecule has 2 rings (SSSR count). The van der Waals surface area contributed by atoms with Crippen molar-refractivity contribution >= 4 is 29.4 Å². The quantitative estimate of drug-likeness (QED) is 0.852. The molecule has 0 saturated heterocycles. The van der Waals surface area contributed by atoms with Crippen LogP contribution in [0.2, 0.25) is 0 Å². The van der Waals surface area contributed by atoms with Crippen molar-refractivity contribution in [3.05, 3.63) is 41.2 Å². The number of rotatable bonds is 5. The molecular weight excluding hydrogens is 314 g/mol. The lowest BCUT2D eigenvalue weighted by molar-refractivity contribution is -0.116. The first-order valence-electron chi connectivity index (χ1n) is 7.04. The highest BCUT2D eigenvalue weighted by molar-refractivity contribution is 7.98. The minimum Gasteiger partial charge on any atom is -0.360 e. The standard InChI is InChI=1S/C16H19N3O3S/c1-10-5-6-12(23-4)8-13(10)16(21)19(3)9-15(20)17-14-7-11(2)22-18-14/h5-8H,9H2,1-4H3,(H,17,18,20). The van der Waals surface area contributed by atoms with E-state index in [1.807, 2.05) is 31.4 Å². The molecule has 0 radical (unpaired) electrons. The van der Waals surface area contributed by atoms with Crippen molar-refractivity contribution in [3.63, 3.8) is 0 Å². The van der Waals surface area contributed by atoms with Gasteiger partial charge in [-0.05, 0) is 37.8 Å². The van der Waals surface area contributed by atoms with Crippen LogP contribution in [0.4, 0.5) is 5.82 Å². The van der Waals surface area contributed by atoms with Crippen LogP contribution in [-0.2, 0) is 4.79 Å². The van der Waals surface area contributed by atoms with Crippen molar-refractivity contribution in [2.24, 2.45) is 0 Å². The number of nitrogens with one attached hydrogen (secondary N) is 1. The summed E-state index contributed by atoms with van der Waals surface area (Å²) >= 11 is 1.57. The molecule has 6 nitrogen and oxygen atoms in total. The van der Waals surface area contributed by atoms with E-state index in [-0.39, 0.29) is 18.4 Å². The summed E-state index contributed by atoms with van der Waals surface area (Å²) in [5.74, 6) is 0.431. The van der Waals surface area contributed by atoms with Gasteiger partial charge in [-0.15, -0.1) is 11.8 Å². The van der Waals surface area contributed by atoms with Gasteiger partial charge in [-0.3, -0.25) is 9.59 Å². The average molecular weight is 333 g/mol. The number of thioether (sulfide) groups is 1. The molecule has 0 aliphatic carbocycles. The Morgan fingerprint density at radius 2 is 2.04 bits per heavy atom. The molecule has 2 amide bonds. The molecule has 0 atom stereocenters. The van der Waals surface area contributed by atoms with E-state index in [0.29, 0.717) is 17.1 Å². The monoisotopic (exact) mass is 333 g/mol. The van der Waals surface area contributed by atoms with Gasteiger partial charge in [0, 0.05) is 23.6 Å². The fourth-order valence-electron chi connectivity index (χ4n) is 2.06. The van der Waals surface area contributed by atoms with Crippen molar-refractivity contribution in [1.82, 2.24) is 10.1 Å². The number of anilines is 1. The van der Waals surface area contributed by atoms with Gasteiger partial charge in [-0.25, -0.2) is 0 Å². The van der Waals surface area contributed by atoms with Gasteiger partial charge in [-0.2, -0.15) is 0 Å². The highest BCUT2D eigenvalue weighted by atomic mass is 32.2. The maximum Gasteiger partial charge on any atom is 0.254 e. The van der Waals surface area contributed by atoms with E-state index in [1.54, 1.807) is 31.8 Å². The Labute approximate surface area is 139 Å². The van der Waals surface area contributed by atoms with Crippen LogP contribution in [0.25, 0.3) is 0 Å². The number of aryl methyl sites for hydroxylation is 2. The first-order valence-corrected chi connectivity index (χ1v) is 8.26. The van der Waals surface area contributed by atoms with Gasteiger partial charge in [0.05, 0.1) is 6.54 Å². The number of carbonyl (C=O) groups is 2. The normalized spacial score (nSPS) is 10.4. The zero-order chi connectivity index (χ0) is 17.0. The van der Waals surface area contributed by atoms with Gasteiger partial charge in [0.25, 0.3) is 5.91 Å². The number of carbonyl (C=O) groups excluding carboxylic acids is 2. The van der Waals surface area contributed by atoms with Crippen molar-refractivity contribution in [3.8, 4) is 0 Å². The second-order valence-corrected chi connectivity index (χ2v) is 6.09. The van der Waals surface area contributed by atoms with Gasteiger partial charge < -0.3 is 14.7 Å². The summed E-state index contributed by atoms with van der Waals surface area (Å²) in [5.41, 5.74) is 1.48. The largest absolute Gasteiger partial charge is 0.360 e. The molecule has 23 heavy (non-hydrogen) atoms. The average Bonchev–Trinajstić information content (AvgIpc) is 2.91. The van der Waals surface area contributed by atoms with Gasteiger partial charge >= 0.3 is 0 Å². The van der Waals surface area contributed by atoms with E-state index in [2.05, 4.69) is 10.5 Å². The summed E-state index contributed by atoms with van der Waals surface area (Å²) in [7, 11) is 1.60. The Kier molecular flexibility index (Phi) is 5.44. The molecule has 122 valence electrons. The SMILES string of the molecule is CSc1ccc(C)c(C(=O)N(C)CC(=O)Nc2cc(C)on2)c1. The second kappa shape index (κ2) is 7.32. The van der Waals surface area contributed by atoms with E-state index >= 15 is 0 Å². The fourth-order valence-corrected chi connectivity index (χ4v) is 2.50. The zero-order valence-electron chi connectivity index (χ0n) is 13.5. The van der Waals surface area contributed by atoms with Crippen LogP contribution >= 0.6 is 11.8 Å². The molecule has 0 spiro atoms. The van der Waals surface area contributed by atoms with Crippen LogP contribution in [0.5, 0.6) is 0 Å². The predicted molar refractivity (Wildman–Crippen MR) is 89.8 cm³/mol. The summed E-state index contributed by atoms with van der Waals surface area (Å²) in [4.78, 5) is 26.9. The molecule has 1 N–H and O–H groups in total. The van der Waals surface area contributed by atoms with Crippen molar-refractivity contribution in [2.45, 2.75) is 18.7 Å². The van der Waals surface area contributed by atoms with Gasteiger partial charge in [-0.1, -0.05) is 11.2 Å². The Morgan fingerprint density at radius 1 is 1.30 bits per heavy atom. The third-order valence-corrected chi connectivity index (χ3v) is 4.02. The van der Waals surface area contributed by atoms with Crippen molar-refractivity contribution in [1.29, 1.82) is 0 Å². The van der Waals surface area contributed by atoms with E-state index in [0.717, 1.165) is 10.5 Å². The fraction of sp³-hybridized carbons (Fsp3) is 0.312. The van der Waals surface area contributed by atoms with E-state index in [9.17, 15) is 9.59 Å². The maximum atomic E-state index is 12.5. The molecule has 1 aromatic carbocycles. The van der Waals surface area contributed by atoms with Crippen LogP contribution in [0.3, 0.4) is 0 Å². The Balaban J connectivity index is 2.03. The number of nitrogens with zero attached hydrogens (tertiary/aromatic N) is 2. The second-order valence-electron chi connectivity index (χ2n) is 5.21. The molecule has 2 aromatic rings. The van der Waals surface area contributed by atoms with Crippen LogP contribution in [0.1, 0.15) is 21.7 Å². The van der Waals surface area contributed by atoms with Crippen LogP contribution in [0.15, 0.2) is 33.7 Å². The smallest absolute Gasteiger partial charge is 0.254 e. The predicted octanol–water partition coefficient (Wildman–Crippen LogP) is 2.72. The number of amides is 2. The van der Waals surface area contributed by atoms with Gasteiger partial charge in [0.2, 0.25) is 5.91 Å². The third-order valence-electron chi connectivity index (χ3n) is 3.30. The minimum absolute atomic E-state index is 0.0618. The Morgan fingerprint density at radius 3 is 2.65 bits per heavy atom. The molecule has 7 heteroatoms. The molecule has 1 heterocycles. The summed E-state index contributed by atoms with van der Waals surface area (Å²) in [6.45, 7) is 3.55. The molecule has 0 saturated carbocycles. The molecule has 0 bridgehead atoms. The summed E-state index contributed by atoms with van der Waals surface area (Å²) < 4.78 is 4.88. The molecular formula is C16H19N3O3S. The molecule has 0 aliphatic rings. The number of aromatic nitrogens is 1. The molecule has 1 aromatic heterocycles. The number of hydrogen-bond acceptors (Lipinski definition) is 5. The Hall–Kier alpha value is -2.28. The van der Waals surface area contributed by atoms with Crippen LogP contribution < -0.4 is 5.32 Å². The van der Waals surface area contributed by atoms with Crippen molar-refractivity contribution < 1.29 is 14.1 Å². The zero-order valence-corrected chi connectivity index (χ0v) is 14.4. The summed E-state index contributed by atoms with van der Waals surface area (Å²) in [6.07, 6.45) is 1.95. The van der Waals surface area contributed by atoms with Crippen LogP contribution in [-0.4, -0.2) is 41.7 Å². The molecule has 0 aliphatic heterocycles. The van der Waals surface area contributed by atoms with Crippen LogP contribution in [0, 0.1) is 13.8 Å². The maximum absolute atomic E-state index is 12.5. The van der Waals surface area contributed by atoms with E-state index < -0.39 is 0 Å². The first-order chi connectivity index (χ1) is 10.9. The van der Waals surface area contributed by atoms with Gasteiger partial charge in [0.15, 0.2) is 5.82 Å². The lowest BCUT2D eigenvalue weighted by atomic mass is 10.1. The number of benzene rings is 1. The Bertz CT molecular complexity index is 727. The lowest BCUT2D eigenvalue weighted by Gasteiger charge is -2.18. The van der Waals surface area contributed by atoms with E-state index in [4.69, 9.17) is 4.52 Å². The van der Waals surface area contributed by atoms with Gasteiger partial charge in [0.1, 0.15) is 5.76 Å². The summed E-state index contributed by atoms with van der Waals surface area (Å²) in [5, 5.41) is 6.29. The highest BCUT2D eigenvalue weighted by Gasteiger charge is 2.18. The number of likely N-dealkylation sites (N-methyl/N-ethyl adjacent to an activating group) is 1. The number of hydrogen-bond donors (Lipinski definition) is 1. The third kappa shape index (κ3) is 4.35.